The molecule has 4 aromatic carbocycles. The molecule has 1 atom stereocenters. The van der Waals surface area contributed by atoms with E-state index >= 15 is 0 Å². The predicted molar refractivity (Wildman–Crippen MR) is 517 cm³/mol. The number of hydrogen-bond acceptors (Lipinski definition) is 0. The van der Waals surface area contributed by atoms with E-state index in [1.807, 2.05) is 0 Å². The van der Waals surface area contributed by atoms with E-state index in [0.29, 0.717) is 0 Å². The molecule has 1 unspecified atom stereocenters. The molecule has 0 amide bonds. The Bertz CT molecular complexity index is 4360. The molecule has 5 heterocycles. The number of H-pyrrole nitrogens is 4. The molecule has 4 aromatic heterocycles. The third kappa shape index (κ3) is 27.0. The molecule has 0 fully saturated rings. The van der Waals surface area contributed by atoms with E-state index in [1.54, 1.807) is 5.56 Å². The number of aromatic nitrogens is 4. The van der Waals surface area contributed by atoms with E-state index in [4.69, 9.17) is 0 Å². The molecule has 638 valence electrons. The molecular weight excluding hydrogens is 1550 g/mol. The van der Waals surface area contributed by atoms with Crippen LogP contribution in [0.1, 0.15) is 476 Å². The van der Waals surface area contributed by atoms with Crippen molar-refractivity contribution in [3.05, 3.63) is 211 Å². The van der Waals surface area contributed by atoms with Crippen molar-refractivity contribution in [2.24, 2.45) is 0 Å². The highest BCUT2D eigenvalue weighted by Gasteiger charge is 2.45. The van der Waals surface area contributed by atoms with Gasteiger partial charge in [-0.2, -0.15) is 0 Å². The second kappa shape index (κ2) is 52.0. The number of nitrogens with one attached hydrogen (secondary N) is 4. The SMILES string of the molecule is CCCCCCCCCCCCCCCCCCCCCCCCCCCCCCCCC1(C)c2ccccc2-c2cccc(C3=c4ccc([nH]4)=C(Br)c4ccc([nH]4)C(c4cccc5c4C(CCCCCCCCCCCCCCCC)(CCCCCCCCCCCCCCCC)c4ccccc4-5)=c4ccc([nH]4)=C(Br)c4ccc3[nH]4)c21. The third-order valence-corrected chi connectivity index (χ3v) is 29.7. The molecule has 2 aliphatic carbocycles. The van der Waals surface area contributed by atoms with Gasteiger partial charge in [-0.15, -0.1) is 0 Å². The zero-order valence-corrected chi connectivity index (χ0v) is 77.8. The number of unbranched alkanes of at least 4 members (excludes halogenated alkanes) is 55. The van der Waals surface area contributed by atoms with Gasteiger partial charge in [0.15, 0.2) is 0 Å². The summed E-state index contributed by atoms with van der Waals surface area (Å²) in [5, 5.41) is 4.30. The number of rotatable bonds is 63. The Morgan fingerprint density at radius 2 is 0.462 bits per heavy atom. The van der Waals surface area contributed by atoms with Gasteiger partial charge < -0.3 is 19.9 Å². The smallest absolute Gasteiger partial charge is 0.0645 e. The summed E-state index contributed by atoms with van der Waals surface area (Å²) in [4.78, 5) is 16.4. The Morgan fingerprint density at radius 3 is 0.803 bits per heavy atom. The molecule has 1 aliphatic heterocycles. The van der Waals surface area contributed by atoms with Gasteiger partial charge in [-0.25, -0.2) is 0 Å². The second-order valence-electron chi connectivity index (χ2n) is 37.2. The minimum atomic E-state index is -0.157. The zero-order chi connectivity index (χ0) is 81.2. The van der Waals surface area contributed by atoms with Gasteiger partial charge >= 0.3 is 0 Å². The van der Waals surface area contributed by atoms with Crippen molar-refractivity contribution in [3.63, 3.8) is 0 Å². The Balaban J connectivity index is 0.750. The third-order valence-electron chi connectivity index (χ3n) is 28.0. The van der Waals surface area contributed by atoms with Crippen LogP contribution in [0.4, 0.5) is 0 Å². The average molecular weight is 1710 g/mol. The Kier molecular flexibility index (Phi) is 41.0. The lowest BCUT2D eigenvalue weighted by molar-refractivity contribution is 0.396. The van der Waals surface area contributed by atoms with Gasteiger partial charge in [0.05, 0.1) is 31.1 Å². The van der Waals surface area contributed by atoms with Crippen LogP contribution in [0.3, 0.4) is 0 Å². The topological polar surface area (TPSA) is 63.2 Å². The van der Waals surface area contributed by atoms with E-state index in [1.165, 1.54) is 446 Å². The molecule has 0 radical (unpaired) electrons. The highest BCUT2D eigenvalue weighted by molar-refractivity contribution is 9.15. The molecular formula is C111H160Br2N4. The first-order valence-corrected chi connectivity index (χ1v) is 51.4. The first kappa shape index (κ1) is 92.2. The van der Waals surface area contributed by atoms with Crippen LogP contribution in [-0.2, 0) is 10.8 Å². The molecule has 3 aliphatic rings. The first-order valence-electron chi connectivity index (χ1n) is 49.8. The fraction of sp³-hybridized carbons (Fsp3) is 0.604. The summed E-state index contributed by atoms with van der Waals surface area (Å²) in [6.45, 7) is 9.53. The monoisotopic (exact) mass is 1710 g/mol. The molecule has 4 nitrogen and oxygen atoms in total. The molecule has 0 saturated heterocycles. The van der Waals surface area contributed by atoms with Gasteiger partial charge in [-0.05, 0) is 155 Å². The number of fused-ring (bicyclic) bond motifs is 14. The largest absolute Gasteiger partial charge is 0.354 e. The van der Waals surface area contributed by atoms with Crippen molar-refractivity contribution in [1.29, 1.82) is 0 Å². The lowest BCUT2D eigenvalue weighted by Crippen LogP contribution is -2.28. The van der Waals surface area contributed by atoms with E-state index < -0.39 is 0 Å². The number of benzene rings is 4. The Morgan fingerprint density at radius 1 is 0.214 bits per heavy atom. The van der Waals surface area contributed by atoms with Gasteiger partial charge in [-0.1, -0.05) is 485 Å². The summed E-state index contributed by atoms with van der Waals surface area (Å²) in [6, 6.07) is 51.9. The van der Waals surface area contributed by atoms with Gasteiger partial charge in [-0.3, -0.25) is 0 Å². The fourth-order valence-electron chi connectivity index (χ4n) is 21.2. The summed E-state index contributed by atoms with van der Waals surface area (Å²) >= 11 is 8.57. The zero-order valence-electron chi connectivity index (χ0n) is 74.6. The van der Waals surface area contributed by atoms with Crippen molar-refractivity contribution in [2.45, 2.75) is 430 Å². The quantitative estimate of drug-likeness (QED) is 0.0275. The van der Waals surface area contributed by atoms with E-state index in [-0.39, 0.29) is 10.8 Å². The van der Waals surface area contributed by atoms with E-state index in [0.717, 1.165) is 59.6 Å². The van der Waals surface area contributed by atoms with Gasteiger partial charge in [0.2, 0.25) is 0 Å². The van der Waals surface area contributed by atoms with Crippen molar-refractivity contribution in [1.82, 2.24) is 19.9 Å². The van der Waals surface area contributed by atoms with Crippen LogP contribution in [-0.4, -0.2) is 19.9 Å². The molecule has 8 bridgehead atoms. The molecule has 0 spiro atoms. The van der Waals surface area contributed by atoms with Crippen molar-refractivity contribution >= 4 is 52.0 Å². The molecule has 8 aromatic rings. The Hall–Kier alpha value is -5.56. The van der Waals surface area contributed by atoms with Crippen molar-refractivity contribution < 1.29 is 0 Å². The van der Waals surface area contributed by atoms with Gasteiger partial charge in [0.25, 0.3) is 0 Å². The summed E-state index contributed by atoms with van der Waals surface area (Å²) in [5.74, 6) is 0. The van der Waals surface area contributed by atoms with Crippen molar-refractivity contribution in [3.8, 4) is 22.3 Å². The highest BCUT2D eigenvalue weighted by Crippen LogP contribution is 2.57. The maximum absolute atomic E-state index is 4.28. The van der Waals surface area contributed by atoms with E-state index in [9.17, 15) is 0 Å². The van der Waals surface area contributed by atoms with Crippen LogP contribution in [0, 0.1) is 0 Å². The number of aromatic amines is 4. The van der Waals surface area contributed by atoms with Gasteiger partial charge in [0, 0.05) is 44.1 Å². The van der Waals surface area contributed by atoms with Crippen LogP contribution in [0.2, 0.25) is 0 Å². The van der Waals surface area contributed by atoms with Crippen LogP contribution in [0.15, 0.2) is 133 Å². The minimum Gasteiger partial charge on any atom is -0.354 e. The maximum Gasteiger partial charge on any atom is 0.0645 e. The van der Waals surface area contributed by atoms with Crippen LogP contribution in [0.25, 0.3) is 42.4 Å². The number of halogens is 2. The molecule has 4 N–H and O–H groups in total. The summed E-state index contributed by atoms with van der Waals surface area (Å²) < 4.78 is 2.03. The molecule has 0 saturated carbocycles. The highest BCUT2D eigenvalue weighted by atomic mass is 79.9. The second-order valence-corrected chi connectivity index (χ2v) is 38.8. The standard InChI is InChI=1S/C111H160Br2N4/c1-5-8-11-14-17-20-23-26-29-30-31-32-33-34-35-36-37-38-39-40-41-42-43-44-45-48-51-54-57-64-85-110(4)94-75-62-60-69-88(94)90-71-67-73-92(106(90)110)104-96-77-81-100(114-96)108(112)102-83-79-98(116-102)105(99-80-84-103(117-99)109(113)101-82-78-97(104)115-101)93-74-68-72-91-89-70-61-63-76-95(89)111(107(91)93,86-65-58-55-52-49-46-27-24-21-18-15-12-9-6-2)87-66-59-56-53-50-47-28-25-22-19-16-13-10-7-3/h60-63,67-84,114-117H,5-59,64-66,85-87H2,1-4H3. The average Bonchev–Trinajstić information content (AvgIpc) is 1.58. The van der Waals surface area contributed by atoms with Gasteiger partial charge in [0.1, 0.15) is 0 Å². The first-order chi connectivity index (χ1) is 57.8. The van der Waals surface area contributed by atoms with Crippen LogP contribution in [0.5, 0.6) is 0 Å². The predicted octanol–water partition coefficient (Wildman–Crippen LogP) is 33.3. The lowest BCUT2D eigenvalue weighted by Gasteiger charge is -2.35. The summed E-state index contributed by atoms with van der Waals surface area (Å²) in [7, 11) is 0. The van der Waals surface area contributed by atoms with Crippen LogP contribution >= 0.6 is 31.9 Å². The van der Waals surface area contributed by atoms with Crippen molar-refractivity contribution in [2.75, 3.05) is 0 Å². The van der Waals surface area contributed by atoms with Crippen LogP contribution < -0.4 is 21.4 Å². The van der Waals surface area contributed by atoms with E-state index in [2.05, 4.69) is 213 Å². The maximum atomic E-state index is 4.28. The fourth-order valence-corrected chi connectivity index (χ4v) is 22.1. The molecule has 6 heteroatoms. The Labute approximate surface area is 730 Å². The molecule has 11 rings (SSSR count). The summed E-state index contributed by atoms with van der Waals surface area (Å²) in [6.07, 6.45) is 84.8. The molecule has 117 heavy (non-hydrogen) atoms. The minimum absolute atomic E-state index is 0.110. The normalized spacial score (nSPS) is 14.6. The number of hydrogen-bond donors (Lipinski definition) is 4. The lowest BCUT2D eigenvalue weighted by atomic mass is 9.68. The summed E-state index contributed by atoms with van der Waals surface area (Å²) in [5.41, 5.74) is 20.7.